The number of rotatable bonds is 12. The van der Waals surface area contributed by atoms with E-state index in [0.29, 0.717) is 20.9 Å². The van der Waals surface area contributed by atoms with Crippen molar-refractivity contribution in [3.05, 3.63) is 103 Å². The van der Waals surface area contributed by atoms with Gasteiger partial charge < -0.3 is 10.2 Å². The molecule has 0 atom stereocenters. The zero-order valence-corrected chi connectivity index (χ0v) is 20.3. The first-order valence-electron chi connectivity index (χ1n) is 10.5. The molecule has 0 fully saturated rings. The first-order chi connectivity index (χ1) is 17.2. The maximum Gasteiger partial charge on any atom is 0.335 e. The Labute approximate surface area is 213 Å². The van der Waals surface area contributed by atoms with Crippen molar-refractivity contribution in [3.8, 4) is 0 Å². The minimum Gasteiger partial charge on any atom is -0.478 e. The number of benzene rings is 3. The Balaban J connectivity index is 1.88. The van der Waals surface area contributed by atoms with Crippen LogP contribution in [0.3, 0.4) is 0 Å². The minimum absolute atomic E-state index is 0.0474. The van der Waals surface area contributed by atoms with Crippen LogP contribution in [0.15, 0.2) is 70.5 Å². The highest BCUT2D eigenvalue weighted by molar-refractivity contribution is 7.99. The molecule has 0 aliphatic carbocycles. The lowest BCUT2D eigenvalue weighted by atomic mass is 9.92. The van der Waals surface area contributed by atoms with Crippen LogP contribution in [0.25, 0.3) is 0 Å². The summed E-state index contributed by atoms with van der Waals surface area (Å²) in [4.78, 5) is 46.2. The van der Waals surface area contributed by atoms with Gasteiger partial charge in [-0.15, -0.1) is 23.5 Å². The summed E-state index contributed by atoms with van der Waals surface area (Å²) in [6, 6.07) is 14.9. The maximum absolute atomic E-state index is 11.9. The van der Waals surface area contributed by atoms with E-state index in [1.165, 1.54) is 47.8 Å². The van der Waals surface area contributed by atoms with E-state index >= 15 is 0 Å². The first kappa shape index (κ1) is 26.7. The van der Waals surface area contributed by atoms with E-state index in [2.05, 4.69) is 0 Å². The predicted octanol–water partition coefficient (Wildman–Crippen LogP) is 5.57. The molecule has 0 radical (unpaired) electrons. The van der Waals surface area contributed by atoms with Gasteiger partial charge in [0.1, 0.15) is 0 Å². The second-order valence-corrected chi connectivity index (χ2v) is 9.65. The topological polar surface area (TPSA) is 161 Å². The number of nitro benzene ring substituents is 2. The fraction of sp³-hybridized carbons (Fsp3) is 0.167. The van der Waals surface area contributed by atoms with Crippen LogP contribution < -0.4 is 0 Å². The van der Waals surface area contributed by atoms with Gasteiger partial charge in [0.15, 0.2) is 0 Å². The minimum atomic E-state index is -1.22. The average molecular weight is 529 g/mol. The molecule has 0 aliphatic heterocycles. The van der Waals surface area contributed by atoms with Crippen LogP contribution in [0.4, 0.5) is 11.4 Å². The highest BCUT2D eigenvalue weighted by atomic mass is 32.2. The standard InChI is InChI=1S/C24H20N2O8S2/c27-23(28)17-9-10-18(24(29)30)16(12-14-36-22-8-4-2-6-20(22)26(33)34)15(17)11-13-35-21-7-3-1-5-19(21)25(31)32/h1-10H,11-14H2,(H,27,28)(H,29,30). The highest BCUT2D eigenvalue weighted by Crippen LogP contribution is 2.33. The summed E-state index contributed by atoms with van der Waals surface area (Å²) in [5.74, 6) is -1.88. The zero-order chi connectivity index (χ0) is 26.2. The molecule has 3 aromatic carbocycles. The van der Waals surface area contributed by atoms with Crippen LogP contribution in [0.5, 0.6) is 0 Å². The molecule has 0 saturated heterocycles. The summed E-state index contributed by atoms with van der Waals surface area (Å²) in [6.45, 7) is 0. The number of aromatic carboxylic acids is 2. The van der Waals surface area contributed by atoms with Crippen molar-refractivity contribution in [2.75, 3.05) is 11.5 Å². The van der Waals surface area contributed by atoms with Gasteiger partial charge in [-0.3, -0.25) is 20.2 Å². The second kappa shape index (κ2) is 12.2. The van der Waals surface area contributed by atoms with Crippen molar-refractivity contribution in [2.24, 2.45) is 0 Å². The van der Waals surface area contributed by atoms with Gasteiger partial charge in [0.2, 0.25) is 0 Å². The fourth-order valence-electron chi connectivity index (χ4n) is 3.65. The molecule has 0 bridgehead atoms. The number of para-hydroxylation sites is 2. The van der Waals surface area contributed by atoms with Crippen molar-refractivity contribution in [1.82, 2.24) is 0 Å². The monoisotopic (exact) mass is 528 g/mol. The van der Waals surface area contributed by atoms with Gasteiger partial charge in [0.05, 0.1) is 30.8 Å². The number of carboxylic acids is 2. The summed E-state index contributed by atoms with van der Waals surface area (Å²) in [5.41, 5.74) is 0.429. The van der Waals surface area contributed by atoms with E-state index in [9.17, 15) is 40.0 Å². The summed E-state index contributed by atoms with van der Waals surface area (Å²) < 4.78 is 0. The van der Waals surface area contributed by atoms with Crippen LogP contribution in [-0.4, -0.2) is 43.5 Å². The predicted molar refractivity (Wildman–Crippen MR) is 135 cm³/mol. The molecule has 186 valence electrons. The number of hydrogen-bond donors (Lipinski definition) is 2. The Kier molecular flexibility index (Phi) is 9.03. The number of nitrogens with zero attached hydrogens (tertiary/aromatic N) is 2. The van der Waals surface area contributed by atoms with E-state index in [1.807, 2.05) is 0 Å². The summed E-state index contributed by atoms with van der Waals surface area (Å²) in [6.07, 6.45) is 0.315. The zero-order valence-electron chi connectivity index (χ0n) is 18.7. The third-order valence-corrected chi connectivity index (χ3v) is 7.36. The normalized spacial score (nSPS) is 10.7. The SMILES string of the molecule is O=C(O)c1ccc(C(=O)O)c(CCSc2ccccc2[N+](=O)[O-])c1CCSc1ccccc1[N+](=O)[O-]. The lowest BCUT2D eigenvalue weighted by Gasteiger charge is -2.16. The lowest BCUT2D eigenvalue weighted by Crippen LogP contribution is -2.13. The van der Waals surface area contributed by atoms with Gasteiger partial charge in [0.25, 0.3) is 11.4 Å². The van der Waals surface area contributed by atoms with Crippen molar-refractivity contribution in [3.63, 3.8) is 0 Å². The van der Waals surface area contributed by atoms with Gasteiger partial charge in [-0.2, -0.15) is 0 Å². The molecule has 36 heavy (non-hydrogen) atoms. The van der Waals surface area contributed by atoms with E-state index in [-0.39, 0.29) is 46.8 Å². The van der Waals surface area contributed by atoms with Crippen molar-refractivity contribution in [2.45, 2.75) is 22.6 Å². The summed E-state index contributed by atoms with van der Waals surface area (Å²) in [7, 11) is 0. The smallest absolute Gasteiger partial charge is 0.335 e. The molecular formula is C24H20N2O8S2. The Hall–Kier alpha value is -3.90. The number of nitro groups is 2. The van der Waals surface area contributed by atoms with Crippen molar-refractivity contribution >= 4 is 46.8 Å². The number of hydrogen-bond acceptors (Lipinski definition) is 8. The average Bonchev–Trinajstić information content (AvgIpc) is 2.84. The van der Waals surface area contributed by atoms with Crippen LogP contribution in [0.1, 0.15) is 31.8 Å². The lowest BCUT2D eigenvalue weighted by molar-refractivity contribution is -0.387. The molecule has 0 heterocycles. The Morgan fingerprint density at radius 3 is 1.36 bits per heavy atom. The Bertz CT molecular complexity index is 1230. The van der Waals surface area contributed by atoms with E-state index in [0.717, 1.165) is 0 Å². The Morgan fingerprint density at radius 1 is 0.667 bits per heavy atom. The third kappa shape index (κ3) is 6.40. The van der Waals surface area contributed by atoms with Crippen LogP contribution in [0.2, 0.25) is 0 Å². The van der Waals surface area contributed by atoms with Crippen LogP contribution in [-0.2, 0) is 12.8 Å². The highest BCUT2D eigenvalue weighted by Gasteiger charge is 2.22. The first-order valence-corrected chi connectivity index (χ1v) is 12.5. The number of carbonyl (C=O) groups is 2. The second-order valence-electron chi connectivity index (χ2n) is 7.37. The van der Waals surface area contributed by atoms with Crippen LogP contribution >= 0.6 is 23.5 Å². The molecule has 3 rings (SSSR count). The molecule has 0 spiro atoms. The van der Waals surface area contributed by atoms with Gasteiger partial charge in [-0.05, 0) is 48.2 Å². The van der Waals surface area contributed by atoms with Gasteiger partial charge in [0, 0.05) is 23.6 Å². The molecule has 0 aliphatic rings. The Morgan fingerprint density at radius 2 is 1.03 bits per heavy atom. The molecule has 0 amide bonds. The molecule has 12 heteroatoms. The van der Waals surface area contributed by atoms with Gasteiger partial charge in [-0.25, -0.2) is 9.59 Å². The number of carboxylic acid groups (broad SMARTS) is 2. The van der Waals surface area contributed by atoms with E-state index in [1.54, 1.807) is 36.4 Å². The van der Waals surface area contributed by atoms with Gasteiger partial charge >= 0.3 is 11.9 Å². The molecule has 2 N–H and O–H groups in total. The van der Waals surface area contributed by atoms with Crippen molar-refractivity contribution < 1.29 is 29.6 Å². The van der Waals surface area contributed by atoms with Gasteiger partial charge in [-0.1, -0.05) is 24.3 Å². The van der Waals surface area contributed by atoms with E-state index in [4.69, 9.17) is 0 Å². The summed E-state index contributed by atoms with van der Waals surface area (Å²) >= 11 is 2.35. The van der Waals surface area contributed by atoms with Crippen molar-refractivity contribution in [1.29, 1.82) is 0 Å². The largest absolute Gasteiger partial charge is 0.478 e. The van der Waals surface area contributed by atoms with E-state index < -0.39 is 21.8 Å². The van der Waals surface area contributed by atoms with Crippen LogP contribution in [0, 0.1) is 20.2 Å². The molecule has 0 aromatic heterocycles. The molecule has 0 unspecified atom stereocenters. The molecular weight excluding hydrogens is 508 g/mol. The fourth-order valence-corrected chi connectivity index (χ4v) is 5.63. The third-order valence-electron chi connectivity index (χ3n) is 5.24. The quantitative estimate of drug-likeness (QED) is 0.173. The summed E-state index contributed by atoms with van der Waals surface area (Å²) in [5, 5.41) is 42.0. The molecule has 0 saturated carbocycles. The number of thioether (sulfide) groups is 2. The molecule has 3 aromatic rings. The maximum atomic E-state index is 11.9. The molecule has 10 nitrogen and oxygen atoms in total.